The third-order valence-electron chi connectivity index (χ3n) is 7.76. The average Bonchev–Trinajstić information content (AvgIpc) is 3.11. The number of carbonyl (C=O) groups excluding carboxylic acids is 1. The summed E-state index contributed by atoms with van der Waals surface area (Å²) in [5, 5.41) is 10.2. The van der Waals surface area contributed by atoms with E-state index in [2.05, 4.69) is 43.0 Å². The lowest BCUT2D eigenvalue weighted by Gasteiger charge is -2.37. The summed E-state index contributed by atoms with van der Waals surface area (Å²) in [4.78, 5) is 18.0. The highest BCUT2D eigenvalue weighted by molar-refractivity contribution is 5.95. The molecular formula is C29H38N2O4. The molecular weight excluding hydrogens is 440 g/mol. The highest BCUT2D eigenvalue weighted by Crippen LogP contribution is 2.37. The van der Waals surface area contributed by atoms with Gasteiger partial charge in [-0.15, -0.1) is 0 Å². The molecule has 2 atom stereocenters. The first-order valence-corrected chi connectivity index (χ1v) is 13.1. The SMILES string of the molecule is CC(C)N1CCOCCOc2ccc(C(=O)N3C4CCC3CC(O)C4)cc2Cc2cccc(c2)C1. The summed E-state index contributed by atoms with van der Waals surface area (Å²) in [6.45, 7) is 7.92. The number of hydrogen-bond donors (Lipinski definition) is 1. The number of ether oxygens (including phenoxy) is 2. The number of fused-ring (bicyclic) bond motifs is 5. The molecule has 0 aromatic heterocycles. The number of aliphatic hydroxyl groups excluding tert-OH is 1. The lowest BCUT2D eigenvalue weighted by molar-refractivity contribution is 0.0286. The van der Waals surface area contributed by atoms with Crippen LogP contribution in [-0.2, 0) is 17.7 Å². The molecule has 188 valence electrons. The number of piperidine rings is 1. The van der Waals surface area contributed by atoms with E-state index in [4.69, 9.17) is 9.47 Å². The molecule has 0 aliphatic carbocycles. The number of rotatable bonds is 2. The molecule has 2 aromatic rings. The van der Waals surface area contributed by atoms with Gasteiger partial charge >= 0.3 is 0 Å². The van der Waals surface area contributed by atoms with Gasteiger partial charge in [0.25, 0.3) is 5.91 Å². The van der Waals surface area contributed by atoms with Crippen LogP contribution < -0.4 is 4.74 Å². The van der Waals surface area contributed by atoms with E-state index in [-0.39, 0.29) is 24.1 Å². The summed E-state index contributed by atoms with van der Waals surface area (Å²) in [6, 6.07) is 15.3. The van der Waals surface area contributed by atoms with Gasteiger partial charge in [-0.2, -0.15) is 0 Å². The van der Waals surface area contributed by atoms with E-state index in [1.165, 1.54) is 11.1 Å². The molecule has 6 nitrogen and oxygen atoms in total. The Morgan fingerprint density at radius 1 is 1.00 bits per heavy atom. The largest absolute Gasteiger partial charge is 0.491 e. The standard InChI is InChI=1S/C29H38N2O4/c1-20(2)30-10-11-34-12-13-35-28-9-6-23(16-24(28)15-21-4-3-5-22(14-21)19-30)29(33)31-25-7-8-26(31)18-27(32)17-25/h3-6,9,14,16,20,25-27,32H,7-8,10-13,15,17-19H2,1-2H3. The van der Waals surface area contributed by atoms with Crippen molar-refractivity contribution in [2.24, 2.45) is 0 Å². The summed E-state index contributed by atoms with van der Waals surface area (Å²) < 4.78 is 12.0. The van der Waals surface area contributed by atoms with Crippen molar-refractivity contribution < 1.29 is 19.4 Å². The Hall–Kier alpha value is -2.41. The zero-order chi connectivity index (χ0) is 24.4. The molecule has 35 heavy (non-hydrogen) atoms. The molecule has 1 amide bonds. The van der Waals surface area contributed by atoms with Gasteiger partial charge in [0.2, 0.25) is 0 Å². The molecule has 4 bridgehead atoms. The van der Waals surface area contributed by atoms with Crippen LogP contribution in [0.15, 0.2) is 42.5 Å². The Bertz CT molecular complexity index is 1030. The number of amides is 1. The fourth-order valence-electron chi connectivity index (χ4n) is 5.93. The van der Waals surface area contributed by atoms with Crippen LogP contribution in [0, 0.1) is 0 Å². The van der Waals surface area contributed by atoms with E-state index < -0.39 is 0 Å². The lowest BCUT2D eigenvalue weighted by atomic mass is 9.96. The smallest absolute Gasteiger partial charge is 0.254 e. The van der Waals surface area contributed by atoms with Crippen molar-refractivity contribution in [3.8, 4) is 5.75 Å². The average molecular weight is 479 g/mol. The first-order valence-electron chi connectivity index (χ1n) is 13.1. The summed E-state index contributed by atoms with van der Waals surface area (Å²) in [6.07, 6.45) is 3.78. The van der Waals surface area contributed by atoms with Gasteiger partial charge in [-0.05, 0) is 74.4 Å². The van der Waals surface area contributed by atoms with Gasteiger partial charge < -0.3 is 19.5 Å². The Labute approximate surface area is 208 Å². The van der Waals surface area contributed by atoms with E-state index in [0.29, 0.717) is 50.7 Å². The van der Waals surface area contributed by atoms with Crippen molar-refractivity contribution in [3.63, 3.8) is 0 Å². The zero-order valence-electron chi connectivity index (χ0n) is 21.0. The molecule has 1 N–H and O–H groups in total. The fourth-order valence-corrected chi connectivity index (χ4v) is 5.93. The van der Waals surface area contributed by atoms with E-state index in [0.717, 1.165) is 37.2 Å². The molecule has 2 fully saturated rings. The zero-order valence-corrected chi connectivity index (χ0v) is 21.0. The number of benzene rings is 2. The van der Waals surface area contributed by atoms with Crippen LogP contribution in [0.3, 0.4) is 0 Å². The van der Waals surface area contributed by atoms with Crippen molar-refractivity contribution in [2.75, 3.05) is 26.4 Å². The van der Waals surface area contributed by atoms with E-state index in [1.807, 2.05) is 23.1 Å². The van der Waals surface area contributed by atoms with Crippen LogP contribution >= 0.6 is 0 Å². The maximum Gasteiger partial charge on any atom is 0.254 e. The number of aliphatic hydroxyl groups is 1. The molecule has 6 heteroatoms. The number of nitrogens with zero attached hydrogens (tertiary/aromatic N) is 2. The van der Waals surface area contributed by atoms with Crippen molar-refractivity contribution in [3.05, 3.63) is 64.7 Å². The van der Waals surface area contributed by atoms with Gasteiger partial charge in [-0.25, -0.2) is 0 Å². The molecule has 2 saturated heterocycles. The summed E-state index contributed by atoms with van der Waals surface area (Å²) in [7, 11) is 0. The van der Waals surface area contributed by atoms with Gasteiger partial charge in [-0.3, -0.25) is 9.69 Å². The Balaban J connectivity index is 1.42. The van der Waals surface area contributed by atoms with Gasteiger partial charge in [0.1, 0.15) is 12.4 Å². The maximum atomic E-state index is 13.6. The Kier molecular flexibility index (Phi) is 7.42. The van der Waals surface area contributed by atoms with Gasteiger partial charge in [0.15, 0.2) is 0 Å². The van der Waals surface area contributed by atoms with Crippen LogP contribution in [0.5, 0.6) is 5.75 Å². The molecule has 2 aromatic carbocycles. The minimum atomic E-state index is -0.282. The van der Waals surface area contributed by atoms with Crippen LogP contribution in [-0.4, -0.2) is 71.4 Å². The molecule has 0 saturated carbocycles. The second-order valence-electron chi connectivity index (χ2n) is 10.6. The first-order chi connectivity index (χ1) is 17.0. The van der Waals surface area contributed by atoms with Crippen molar-refractivity contribution in [1.29, 1.82) is 0 Å². The second-order valence-corrected chi connectivity index (χ2v) is 10.6. The third-order valence-corrected chi connectivity index (χ3v) is 7.76. The summed E-state index contributed by atoms with van der Waals surface area (Å²) in [5.41, 5.74) is 4.23. The molecule has 3 heterocycles. The van der Waals surface area contributed by atoms with Crippen LogP contribution in [0.1, 0.15) is 66.6 Å². The maximum absolute atomic E-state index is 13.6. The summed E-state index contributed by atoms with van der Waals surface area (Å²) in [5.74, 6) is 0.893. The molecule has 0 spiro atoms. The molecule has 3 aliphatic rings. The highest BCUT2D eigenvalue weighted by Gasteiger charge is 2.43. The lowest BCUT2D eigenvalue weighted by Crippen LogP contribution is -2.48. The molecule has 0 radical (unpaired) electrons. The van der Waals surface area contributed by atoms with Gasteiger partial charge in [0.05, 0.1) is 19.3 Å². The van der Waals surface area contributed by atoms with Crippen LogP contribution in [0.2, 0.25) is 0 Å². The quantitative estimate of drug-likeness (QED) is 0.706. The first kappa shape index (κ1) is 24.3. The Morgan fingerprint density at radius 3 is 2.54 bits per heavy atom. The second kappa shape index (κ2) is 10.7. The third kappa shape index (κ3) is 5.55. The van der Waals surface area contributed by atoms with Crippen LogP contribution in [0.4, 0.5) is 0 Å². The highest BCUT2D eigenvalue weighted by atomic mass is 16.5. The van der Waals surface area contributed by atoms with E-state index in [1.54, 1.807) is 0 Å². The van der Waals surface area contributed by atoms with Crippen molar-refractivity contribution in [1.82, 2.24) is 9.80 Å². The number of carbonyl (C=O) groups is 1. The predicted molar refractivity (Wildman–Crippen MR) is 136 cm³/mol. The van der Waals surface area contributed by atoms with Crippen molar-refractivity contribution in [2.45, 2.75) is 76.7 Å². The number of hydrogen-bond acceptors (Lipinski definition) is 5. The van der Waals surface area contributed by atoms with Crippen LogP contribution in [0.25, 0.3) is 0 Å². The molecule has 3 aliphatic heterocycles. The summed E-state index contributed by atoms with van der Waals surface area (Å²) >= 11 is 0. The van der Waals surface area contributed by atoms with E-state index >= 15 is 0 Å². The Morgan fingerprint density at radius 2 is 1.77 bits per heavy atom. The molecule has 5 rings (SSSR count). The van der Waals surface area contributed by atoms with Gasteiger partial charge in [0, 0.05) is 43.2 Å². The van der Waals surface area contributed by atoms with Crippen molar-refractivity contribution >= 4 is 5.91 Å². The van der Waals surface area contributed by atoms with Gasteiger partial charge in [-0.1, -0.05) is 24.3 Å². The minimum absolute atomic E-state index is 0.0799. The molecule has 2 unspecified atom stereocenters. The monoisotopic (exact) mass is 478 g/mol. The topological polar surface area (TPSA) is 62.2 Å². The fraction of sp³-hybridized carbons (Fsp3) is 0.552. The van der Waals surface area contributed by atoms with E-state index in [9.17, 15) is 9.90 Å². The minimum Gasteiger partial charge on any atom is -0.491 e. The predicted octanol–water partition coefficient (Wildman–Crippen LogP) is 4.02. The normalized spacial score (nSPS) is 25.6.